The molecular weight excluding hydrogens is 610 g/mol. The van der Waals surface area contributed by atoms with E-state index in [1.54, 1.807) is 0 Å². The lowest BCUT2D eigenvalue weighted by atomic mass is 10.2. The number of hydrogen-bond acceptors (Lipinski definition) is 4. The molecule has 3 rings (SSSR count). The highest BCUT2D eigenvalue weighted by Crippen LogP contribution is 2.33. The van der Waals surface area contributed by atoms with Gasteiger partial charge >= 0.3 is 0 Å². The summed E-state index contributed by atoms with van der Waals surface area (Å²) in [4.78, 5) is 17.5. The first-order valence-corrected chi connectivity index (χ1v) is 11.4. The van der Waals surface area contributed by atoms with E-state index in [1.807, 2.05) is 50.3 Å². The molecule has 1 saturated heterocycles. The summed E-state index contributed by atoms with van der Waals surface area (Å²) in [6, 6.07) is 9.55. The molecule has 4 nitrogen and oxygen atoms in total. The Hall–Kier alpha value is -0.780. The van der Waals surface area contributed by atoms with Crippen LogP contribution in [0.25, 0.3) is 6.08 Å². The van der Waals surface area contributed by atoms with Crippen LogP contribution in [0.4, 0.5) is 5.69 Å². The van der Waals surface area contributed by atoms with Gasteiger partial charge in [-0.15, -0.1) is 0 Å². The third kappa shape index (κ3) is 4.99. The van der Waals surface area contributed by atoms with E-state index >= 15 is 0 Å². The number of carbonyl (C=O) groups is 1. The van der Waals surface area contributed by atoms with Crippen molar-refractivity contribution >= 4 is 91.4 Å². The maximum atomic E-state index is 12.3. The van der Waals surface area contributed by atoms with Crippen molar-refractivity contribution < 1.29 is 9.53 Å². The molecule has 2 aromatic carbocycles. The zero-order valence-corrected chi connectivity index (χ0v) is 20.4. The Morgan fingerprint density at radius 3 is 2.67 bits per heavy atom. The average molecular weight is 625 g/mol. The predicted octanol–water partition coefficient (Wildman–Crippen LogP) is 6.15. The molecular formula is C19H15ClI2N2O2S. The summed E-state index contributed by atoms with van der Waals surface area (Å²) in [5.74, 6) is 0.723. The average Bonchev–Trinajstić information content (AvgIpc) is 2.94. The summed E-state index contributed by atoms with van der Waals surface area (Å²) in [6.07, 6.45) is 1.87. The van der Waals surface area contributed by atoms with Crippen LogP contribution in [-0.2, 0) is 4.79 Å². The van der Waals surface area contributed by atoms with Crippen molar-refractivity contribution in [1.82, 2.24) is 5.32 Å². The number of aliphatic imine (C=N–C) groups is 1. The van der Waals surface area contributed by atoms with Gasteiger partial charge in [0, 0.05) is 5.02 Å². The van der Waals surface area contributed by atoms with Crippen LogP contribution in [0.15, 0.2) is 40.2 Å². The largest absolute Gasteiger partial charge is 0.492 e. The van der Waals surface area contributed by atoms with Crippen molar-refractivity contribution in [3.05, 3.63) is 58.5 Å². The van der Waals surface area contributed by atoms with Crippen molar-refractivity contribution in [2.75, 3.05) is 6.61 Å². The molecule has 8 heteroatoms. The van der Waals surface area contributed by atoms with Crippen molar-refractivity contribution in [3.63, 3.8) is 0 Å². The molecule has 0 bridgehead atoms. The van der Waals surface area contributed by atoms with Gasteiger partial charge in [0.25, 0.3) is 5.91 Å². The smallest absolute Gasteiger partial charge is 0.264 e. The molecule has 0 radical (unpaired) electrons. The number of nitrogens with one attached hydrogen (secondary N) is 1. The molecule has 0 saturated carbocycles. The quantitative estimate of drug-likeness (QED) is 0.328. The molecule has 0 unspecified atom stereocenters. The van der Waals surface area contributed by atoms with E-state index in [2.05, 4.69) is 55.5 Å². The van der Waals surface area contributed by atoms with Crippen LogP contribution in [0.3, 0.4) is 0 Å². The highest BCUT2D eigenvalue weighted by atomic mass is 127. The van der Waals surface area contributed by atoms with Crippen LogP contribution in [0, 0.1) is 14.1 Å². The van der Waals surface area contributed by atoms with Crippen LogP contribution < -0.4 is 10.1 Å². The second-order valence-electron chi connectivity index (χ2n) is 5.61. The lowest BCUT2D eigenvalue weighted by molar-refractivity contribution is -0.115. The van der Waals surface area contributed by atoms with Gasteiger partial charge in [-0.05, 0) is 112 Å². The number of halogens is 3. The summed E-state index contributed by atoms with van der Waals surface area (Å²) >= 11 is 12.0. The molecule has 2 aromatic rings. The number of nitrogens with zero attached hydrogens (tertiary/aromatic N) is 1. The molecule has 1 aliphatic heterocycles. The van der Waals surface area contributed by atoms with E-state index < -0.39 is 0 Å². The summed E-state index contributed by atoms with van der Waals surface area (Å²) in [5.41, 5.74) is 2.58. The number of carbonyl (C=O) groups excluding carboxylic acids is 1. The van der Waals surface area contributed by atoms with E-state index in [0.29, 0.717) is 21.7 Å². The number of rotatable bonds is 4. The molecule has 0 aliphatic carbocycles. The normalized spacial score (nSPS) is 16.9. The molecule has 27 heavy (non-hydrogen) atoms. The fourth-order valence-corrected chi connectivity index (χ4v) is 5.54. The van der Waals surface area contributed by atoms with E-state index in [1.165, 1.54) is 11.8 Å². The molecule has 0 spiro atoms. The monoisotopic (exact) mass is 624 g/mol. The predicted molar refractivity (Wildman–Crippen MR) is 130 cm³/mol. The van der Waals surface area contributed by atoms with Crippen LogP contribution >= 0.6 is 68.5 Å². The van der Waals surface area contributed by atoms with E-state index in [-0.39, 0.29) is 5.91 Å². The van der Waals surface area contributed by atoms with Gasteiger partial charge in [0.05, 0.1) is 24.3 Å². The maximum Gasteiger partial charge on any atom is 0.264 e. The van der Waals surface area contributed by atoms with Gasteiger partial charge in [-0.1, -0.05) is 17.7 Å². The first-order chi connectivity index (χ1) is 12.9. The number of benzene rings is 2. The van der Waals surface area contributed by atoms with Gasteiger partial charge in [0.1, 0.15) is 5.75 Å². The Labute approximate surface area is 194 Å². The number of thioether (sulfide) groups is 1. The van der Waals surface area contributed by atoms with Crippen LogP contribution in [0.5, 0.6) is 5.75 Å². The summed E-state index contributed by atoms with van der Waals surface area (Å²) in [7, 11) is 0. The Kier molecular flexibility index (Phi) is 7.09. The first-order valence-electron chi connectivity index (χ1n) is 8.05. The van der Waals surface area contributed by atoms with Crippen LogP contribution in [-0.4, -0.2) is 17.7 Å². The van der Waals surface area contributed by atoms with Crippen LogP contribution in [0.2, 0.25) is 5.02 Å². The standard InChI is InChI=1S/C19H15ClI2N2O2S/c1-3-26-17-13(21)7-11(8-14(17)22)9-16-18(25)24-19(27-16)23-15-6-4-5-12(20)10(15)2/h4-9H,3H2,1-2H3,(H,23,24,25)/b16-9+. The lowest BCUT2D eigenvalue weighted by Gasteiger charge is -2.09. The minimum absolute atomic E-state index is 0.155. The SMILES string of the molecule is CCOc1c(I)cc(/C=C2/SC(=Nc3cccc(Cl)c3C)NC2=O)cc1I. The first kappa shape index (κ1) is 20.9. The van der Waals surface area contributed by atoms with E-state index in [0.717, 1.165) is 29.7 Å². The highest BCUT2D eigenvalue weighted by Gasteiger charge is 2.24. The third-order valence-electron chi connectivity index (χ3n) is 3.72. The second-order valence-corrected chi connectivity index (χ2v) is 9.37. The van der Waals surface area contributed by atoms with Gasteiger partial charge in [0.2, 0.25) is 0 Å². The Morgan fingerprint density at radius 1 is 1.30 bits per heavy atom. The Balaban J connectivity index is 1.87. The summed E-state index contributed by atoms with van der Waals surface area (Å²) in [5, 5.41) is 4.02. The minimum atomic E-state index is -0.155. The van der Waals surface area contributed by atoms with Crippen molar-refractivity contribution in [1.29, 1.82) is 0 Å². The Bertz CT molecular complexity index is 953. The molecule has 1 heterocycles. The molecule has 0 aromatic heterocycles. The number of ether oxygens (including phenoxy) is 1. The van der Waals surface area contributed by atoms with E-state index in [4.69, 9.17) is 16.3 Å². The third-order valence-corrected chi connectivity index (χ3v) is 6.64. The highest BCUT2D eigenvalue weighted by molar-refractivity contribution is 14.1. The number of amidine groups is 1. The molecule has 1 fully saturated rings. The van der Waals surface area contributed by atoms with Gasteiger partial charge in [-0.3, -0.25) is 4.79 Å². The van der Waals surface area contributed by atoms with Gasteiger partial charge in [-0.2, -0.15) is 0 Å². The maximum absolute atomic E-state index is 12.3. The Morgan fingerprint density at radius 2 is 2.00 bits per heavy atom. The zero-order chi connectivity index (χ0) is 19.6. The number of amides is 1. The second kappa shape index (κ2) is 9.15. The van der Waals surface area contributed by atoms with Gasteiger partial charge in [-0.25, -0.2) is 4.99 Å². The zero-order valence-electron chi connectivity index (χ0n) is 14.5. The molecule has 1 aliphatic rings. The lowest BCUT2D eigenvalue weighted by Crippen LogP contribution is -2.19. The van der Waals surface area contributed by atoms with Crippen LogP contribution in [0.1, 0.15) is 18.1 Å². The van der Waals surface area contributed by atoms with Gasteiger partial charge in [0.15, 0.2) is 5.17 Å². The van der Waals surface area contributed by atoms with Crippen molar-refractivity contribution in [3.8, 4) is 5.75 Å². The topological polar surface area (TPSA) is 50.7 Å². The van der Waals surface area contributed by atoms with E-state index in [9.17, 15) is 4.79 Å². The summed E-state index contributed by atoms with van der Waals surface area (Å²) < 4.78 is 7.70. The van der Waals surface area contributed by atoms with Crippen molar-refractivity contribution in [2.45, 2.75) is 13.8 Å². The molecule has 140 valence electrons. The van der Waals surface area contributed by atoms with Crippen molar-refractivity contribution in [2.24, 2.45) is 4.99 Å². The molecule has 1 N–H and O–H groups in total. The minimum Gasteiger partial charge on any atom is -0.492 e. The fraction of sp³-hybridized carbons (Fsp3) is 0.158. The molecule has 1 amide bonds. The molecule has 0 atom stereocenters. The summed E-state index contributed by atoms with van der Waals surface area (Å²) in [6.45, 7) is 4.49. The number of hydrogen-bond donors (Lipinski definition) is 1. The fourth-order valence-electron chi connectivity index (χ4n) is 2.40. The van der Waals surface area contributed by atoms with Gasteiger partial charge < -0.3 is 10.1 Å².